The first-order valence-corrected chi connectivity index (χ1v) is 7.05. The molecule has 1 aliphatic carbocycles. The SMILES string of the molecule is COc1ccccc1-c1c(C)c(C)cc2c1CC(C)=C2. The standard InChI is InChI=1S/C19H20O/c1-12-9-15-11-13(2)14(3)19(17(15)10-12)16-7-5-6-8-18(16)20-4/h5-9,11H,10H2,1-4H3. The van der Waals surface area contributed by atoms with Crippen LogP contribution in [0.25, 0.3) is 17.2 Å². The van der Waals surface area contributed by atoms with Gasteiger partial charge in [0.15, 0.2) is 0 Å². The molecule has 1 nitrogen and oxygen atoms in total. The van der Waals surface area contributed by atoms with Gasteiger partial charge in [0.05, 0.1) is 7.11 Å². The molecule has 1 heteroatoms. The molecular weight excluding hydrogens is 244 g/mol. The maximum atomic E-state index is 5.56. The van der Waals surface area contributed by atoms with Crippen LogP contribution in [-0.4, -0.2) is 7.11 Å². The number of hydrogen-bond donors (Lipinski definition) is 0. The van der Waals surface area contributed by atoms with Crippen LogP contribution < -0.4 is 4.74 Å². The van der Waals surface area contributed by atoms with Gasteiger partial charge in [0.25, 0.3) is 0 Å². The van der Waals surface area contributed by atoms with Crippen molar-refractivity contribution in [1.29, 1.82) is 0 Å². The number of aryl methyl sites for hydroxylation is 1. The Morgan fingerprint density at radius 3 is 2.55 bits per heavy atom. The van der Waals surface area contributed by atoms with Crippen molar-refractivity contribution >= 4 is 6.08 Å². The van der Waals surface area contributed by atoms with Crippen molar-refractivity contribution in [3.63, 3.8) is 0 Å². The minimum atomic E-state index is 0.952. The molecule has 3 rings (SSSR count). The van der Waals surface area contributed by atoms with E-state index in [1.165, 1.54) is 39.0 Å². The number of rotatable bonds is 2. The maximum Gasteiger partial charge on any atom is 0.126 e. The first-order chi connectivity index (χ1) is 9.61. The molecule has 2 aromatic rings. The summed E-state index contributed by atoms with van der Waals surface area (Å²) in [6.45, 7) is 6.61. The van der Waals surface area contributed by atoms with Crippen LogP contribution in [0.3, 0.4) is 0 Å². The van der Waals surface area contributed by atoms with E-state index in [0.29, 0.717) is 0 Å². The molecule has 0 unspecified atom stereocenters. The van der Waals surface area contributed by atoms with Gasteiger partial charge in [-0.05, 0) is 61.1 Å². The van der Waals surface area contributed by atoms with Gasteiger partial charge in [0, 0.05) is 5.56 Å². The van der Waals surface area contributed by atoms with Crippen LogP contribution in [0.4, 0.5) is 0 Å². The van der Waals surface area contributed by atoms with E-state index < -0.39 is 0 Å². The average Bonchev–Trinajstić information content (AvgIpc) is 2.80. The summed E-state index contributed by atoms with van der Waals surface area (Å²) in [5, 5.41) is 0. The summed E-state index contributed by atoms with van der Waals surface area (Å²) in [5.41, 5.74) is 9.50. The van der Waals surface area contributed by atoms with Gasteiger partial charge in [-0.25, -0.2) is 0 Å². The first-order valence-electron chi connectivity index (χ1n) is 7.05. The van der Waals surface area contributed by atoms with E-state index in [4.69, 9.17) is 4.74 Å². The summed E-state index contributed by atoms with van der Waals surface area (Å²) in [6, 6.07) is 10.6. The second-order valence-electron chi connectivity index (χ2n) is 5.63. The molecule has 0 heterocycles. The molecule has 0 saturated heterocycles. The van der Waals surface area contributed by atoms with E-state index >= 15 is 0 Å². The van der Waals surface area contributed by atoms with Gasteiger partial charge >= 0.3 is 0 Å². The molecule has 0 bridgehead atoms. The fourth-order valence-corrected chi connectivity index (χ4v) is 3.13. The highest BCUT2D eigenvalue weighted by molar-refractivity contribution is 5.83. The third-order valence-corrected chi connectivity index (χ3v) is 4.22. The molecule has 0 aromatic heterocycles. The van der Waals surface area contributed by atoms with Crippen molar-refractivity contribution in [1.82, 2.24) is 0 Å². The molecule has 0 amide bonds. The molecule has 0 N–H and O–H groups in total. The first kappa shape index (κ1) is 13.0. The number of hydrogen-bond acceptors (Lipinski definition) is 1. The van der Waals surface area contributed by atoms with Gasteiger partial charge in [-0.3, -0.25) is 0 Å². The largest absolute Gasteiger partial charge is 0.496 e. The van der Waals surface area contributed by atoms with Crippen molar-refractivity contribution in [3.05, 3.63) is 58.2 Å². The van der Waals surface area contributed by atoms with Gasteiger partial charge in [-0.2, -0.15) is 0 Å². The minimum absolute atomic E-state index is 0.952. The Hall–Kier alpha value is -2.02. The highest BCUT2D eigenvalue weighted by Crippen LogP contribution is 2.41. The van der Waals surface area contributed by atoms with Crippen LogP contribution in [0.15, 0.2) is 35.9 Å². The number of benzene rings is 2. The molecule has 0 spiro atoms. The molecule has 0 radical (unpaired) electrons. The van der Waals surface area contributed by atoms with Crippen molar-refractivity contribution in [2.45, 2.75) is 27.2 Å². The quantitative estimate of drug-likeness (QED) is 0.746. The van der Waals surface area contributed by atoms with Crippen LogP contribution >= 0.6 is 0 Å². The zero-order valence-corrected chi connectivity index (χ0v) is 12.6. The molecule has 2 aromatic carbocycles. The Morgan fingerprint density at radius 2 is 1.80 bits per heavy atom. The smallest absolute Gasteiger partial charge is 0.126 e. The Kier molecular flexibility index (Phi) is 3.13. The fraction of sp³-hybridized carbons (Fsp3) is 0.263. The number of allylic oxidation sites excluding steroid dienone is 1. The lowest BCUT2D eigenvalue weighted by Crippen LogP contribution is -1.98. The molecule has 0 atom stereocenters. The Balaban J connectivity index is 2.31. The summed E-state index contributed by atoms with van der Waals surface area (Å²) in [6.07, 6.45) is 3.35. The number of ether oxygens (including phenoxy) is 1. The fourth-order valence-electron chi connectivity index (χ4n) is 3.13. The van der Waals surface area contributed by atoms with Gasteiger partial charge in [-0.15, -0.1) is 0 Å². The summed E-state index contributed by atoms with van der Waals surface area (Å²) < 4.78 is 5.56. The van der Waals surface area contributed by atoms with E-state index in [0.717, 1.165) is 12.2 Å². The van der Waals surface area contributed by atoms with Gasteiger partial charge < -0.3 is 4.74 Å². The molecule has 0 saturated carbocycles. The van der Waals surface area contributed by atoms with E-state index in [1.54, 1.807) is 7.11 Å². The molecule has 0 aliphatic heterocycles. The summed E-state index contributed by atoms with van der Waals surface area (Å²) in [5.74, 6) is 0.952. The third-order valence-electron chi connectivity index (χ3n) is 4.22. The number of para-hydroxylation sites is 1. The van der Waals surface area contributed by atoms with Gasteiger partial charge in [0.1, 0.15) is 5.75 Å². The zero-order valence-electron chi connectivity index (χ0n) is 12.6. The van der Waals surface area contributed by atoms with Crippen molar-refractivity contribution in [2.24, 2.45) is 0 Å². The molecule has 102 valence electrons. The van der Waals surface area contributed by atoms with Gasteiger partial charge in [0.2, 0.25) is 0 Å². The summed E-state index contributed by atoms with van der Waals surface area (Å²) in [7, 11) is 1.74. The van der Waals surface area contributed by atoms with Crippen LogP contribution in [-0.2, 0) is 6.42 Å². The topological polar surface area (TPSA) is 9.23 Å². The lowest BCUT2D eigenvalue weighted by Gasteiger charge is -2.17. The average molecular weight is 264 g/mol. The highest BCUT2D eigenvalue weighted by Gasteiger charge is 2.20. The van der Waals surface area contributed by atoms with E-state index in [-0.39, 0.29) is 0 Å². The monoisotopic (exact) mass is 264 g/mol. The number of methoxy groups -OCH3 is 1. The molecule has 20 heavy (non-hydrogen) atoms. The van der Waals surface area contributed by atoms with E-state index in [1.807, 2.05) is 12.1 Å². The summed E-state index contributed by atoms with van der Waals surface area (Å²) >= 11 is 0. The normalized spacial score (nSPS) is 13.1. The molecule has 1 aliphatic rings. The molecule has 0 fully saturated rings. The van der Waals surface area contributed by atoms with Crippen molar-refractivity contribution < 1.29 is 4.74 Å². The van der Waals surface area contributed by atoms with Crippen LogP contribution in [0.1, 0.15) is 29.2 Å². The summed E-state index contributed by atoms with van der Waals surface area (Å²) in [4.78, 5) is 0. The maximum absolute atomic E-state index is 5.56. The Labute approximate surface area is 120 Å². The van der Waals surface area contributed by atoms with E-state index in [9.17, 15) is 0 Å². The van der Waals surface area contributed by atoms with Crippen LogP contribution in [0.2, 0.25) is 0 Å². The minimum Gasteiger partial charge on any atom is -0.496 e. The lowest BCUT2D eigenvalue weighted by atomic mass is 9.88. The van der Waals surface area contributed by atoms with E-state index in [2.05, 4.69) is 45.0 Å². The lowest BCUT2D eigenvalue weighted by molar-refractivity contribution is 0.416. The second-order valence-corrected chi connectivity index (χ2v) is 5.63. The predicted octanol–water partition coefficient (Wildman–Crippen LogP) is 4.94. The van der Waals surface area contributed by atoms with Crippen molar-refractivity contribution in [3.8, 4) is 16.9 Å². The van der Waals surface area contributed by atoms with Crippen LogP contribution in [0.5, 0.6) is 5.75 Å². The van der Waals surface area contributed by atoms with Crippen molar-refractivity contribution in [2.75, 3.05) is 7.11 Å². The van der Waals surface area contributed by atoms with Gasteiger partial charge in [-0.1, -0.05) is 35.9 Å². The molecular formula is C19H20O. The zero-order chi connectivity index (χ0) is 14.3. The second kappa shape index (κ2) is 4.82. The number of fused-ring (bicyclic) bond motifs is 1. The predicted molar refractivity (Wildman–Crippen MR) is 85.3 cm³/mol. The highest BCUT2D eigenvalue weighted by atomic mass is 16.5. The Morgan fingerprint density at radius 1 is 1.05 bits per heavy atom. The van der Waals surface area contributed by atoms with Crippen LogP contribution in [0, 0.1) is 13.8 Å². The third kappa shape index (κ3) is 1.94. The Bertz CT molecular complexity index is 708.